The van der Waals surface area contributed by atoms with Gasteiger partial charge in [0.05, 0.1) is 23.3 Å². The number of rotatable bonds is 6. The van der Waals surface area contributed by atoms with Crippen LogP contribution >= 0.6 is 0 Å². The number of imidazole rings is 1. The van der Waals surface area contributed by atoms with Crippen molar-refractivity contribution in [1.82, 2.24) is 34.0 Å². The maximum absolute atomic E-state index is 12.1. The van der Waals surface area contributed by atoms with Gasteiger partial charge in [-0.25, -0.2) is 23.4 Å². The SMILES string of the molecule is CCNC(c1nccc(-n2cnc3ccccc32)n1)C1CN(S(C)(=O)=O)CCN1C. The predicted molar refractivity (Wildman–Crippen MR) is 116 cm³/mol. The van der Waals surface area contributed by atoms with Crippen molar-refractivity contribution in [2.45, 2.75) is 19.0 Å². The Balaban J connectivity index is 1.70. The highest BCUT2D eigenvalue weighted by Gasteiger charge is 2.36. The van der Waals surface area contributed by atoms with Gasteiger partial charge in [-0.1, -0.05) is 19.1 Å². The van der Waals surface area contributed by atoms with E-state index in [4.69, 9.17) is 4.98 Å². The van der Waals surface area contributed by atoms with Crippen LogP contribution in [0.4, 0.5) is 0 Å². The molecule has 0 saturated carbocycles. The highest BCUT2D eigenvalue weighted by Crippen LogP contribution is 2.24. The third-order valence-corrected chi connectivity index (χ3v) is 6.84. The molecule has 0 aliphatic carbocycles. The van der Waals surface area contributed by atoms with E-state index in [0.29, 0.717) is 25.5 Å². The third kappa shape index (κ3) is 4.08. The Labute approximate surface area is 176 Å². The normalized spacial score (nSPS) is 19.9. The first kappa shape index (κ1) is 20.9. The van der Waals surface area contributed by atoms with Crippen molar-refractivity contribution in [2.24, 2.45) is 0 Å². The monoisotopic (exact) mass is 429 g/mol. The molecule has 2 unspecified atom stereocenters. The highest BCUT2D eigenvalue weighted by atomic mass is 32.2. The number of fused-ring (bicyclic) bond motifs is 1. The van der Waals surface area contributed by atoms with Crippen molar-refractivity contribution < 1.29 is 8.42 Å². The number of benzene rings is 1. The third-order valence-electron chi connectivity index (χ3n) is 5.57. The maximum Gasteiger partial charge on any atom is 0.211 e. The summed E-state index contributed by atoms with van der Waals surface area (Å²) in [5.41, 5.74) is 1.87. The molecule has 1 saturated heterocycles. The first-order chi connectivity index (χ1) is 14.4. The lowest BCUT2D eigenvalue weighted by molar-refractivity contribution is 0.113. The van der Waals surface area contributed by atoms with Crippen LogP contribution in [0.25, 0.3) is 16.9 Å². The molecule has 0 radical (unpaired) electrons. The Bertz CT molecular complexity index is 1130. The summed E-state index contributed by atoms with van der Waals surface area (Å²) in [6, 6.07) is 9.47. The largest absolute Gasteiger partial charge is 0.306 e. The molecular weight excluding hydrogens is 402 g/mol. The molecule has 1 N–H and O–H groups in total. The summed E-state index contributed by atoms with van der Waals surface area (Å²) in [5.74, 6) is 1.37. The Morgan fingerprint density at radius 3 is 2.77 bits per heavy atom. The van der Waals surface area contributed by atoms with Crippen molar-refractivity contribution in [1.29, 1.82) is 0 Å². The Kier molecular flexibility index (Phi) is 5.83. The van der Waals surface area contributed by atoms with E-state index in [0.717, 1.165) is 23.4 Å². The van der Waals surface area contributed by atoms with E-state index in [-0.39, 0.29) is 12.1 Å². The van der Waals surface area contributed by atoms with E-state index >= 15 is 0 Å². The van der Waals surface area contributed by atoms with E-state index in [1.165, 1.54) is 10.6 Å². The first-order valence-electron chi connectivity index (χ1n) is 10.0. The molecular formula is C20H27N7O2S. The molecule has 0 bridgehead atoms. The minimum atomic E-state index is -3.26. The zero-order chi connectivity index (χ0) is 21.3. The number of nitrogens with zero attached hydrogens (tertiary/aromatic N) is 6. The number of sulfonamides is 1. The van der Waals surface area contributed by atoms with Crippen molar-refractivity contribution in [3.63, 3.8) is 0 Å². The molecule has 0 spiro atoms. The van der Waals surface area contributed by atoms with Crippen LogP contribution in [0.3, 0.4) is 0 Å². The summed E-state index contributed by atoms with van der Waals surface area (Å²) < 4.78 is 27.7. The Morgan fingerprint density at radius 2 is 2.00 bits per heavy atom. The van der Waals surface area contributed by atoms with Crippen LogP contribution in [-0.2, 0) is 10.0 Å². The number of likely N-dealkylation sites (N-methyl/N-ethyl adjacent to an activating group) is 2. The molecule has 0 amide bonds. The maximum atomic E-state index is 12.1. The van der Waals surface area contributed by atoms with Gasteiger partial charge < -0.3 is 5.32 Å². The van der Waals surface area contributed by atoms with Crippen LogP contribution < -0.4 is 5.32 Å². The lowest BCUT2D eigenvalue weighted by Gasteiger charge is -2.41. The van der Waals surface area contributed by atoms with E-state index < -0.39 is 10.0 Å². The Hall–Kier alpha value is -2.40. The van der Waals surface area contributed by atoms with Gasteiger partial charge in [0, 0.05) is 31.9 Å². The summed E-state index contributed by atoms with van der Waals surface area (Å²) in [5, 5.41) is 3.47. The summed E-state index contributed by atoms with van der Waals surface area (Å²) in [6.45, 7) is 4.29. The molecule has 4 rings (SSSR count). The van der Waals surface area contributed by atoms with E-state index in [9.17, 15) is 8.42 Å². The van der Waals surface area contributed by atoms with Gasteiger partial charge in [0.25, 0.3) is 0 Å². The zero-order valence-electron chi connectivity index (χ0n) is 17.4. The van der Waals surface area contributed by atoms with Crippen molar-refractivity contribution in [2.75, 3.05) is 39.5 Å². The van der Waals surface area contributed by atoms with Crippen molar-refractivity contribution in [3.05, 3.63) is 48.7 Å². The molecule has 9 nitrogen and oxygen atoms in total. The number of aromatic nitrogens is 4. The van der Waals surface area contributed by atoms with E-state index in [1.807, 2.05) is 48.9 Å². The second kappa shape index (κ2) is 8.38. The minimum Gasteiger partial charge on any atom is -0.306 e. The fraction of sp³-hybridized carbons (Fsp3) is 0.450. The quantitative estimate of drug-likeness (QED) is 0.625. The standard InChI is InChI=1S/C20H27N7O2S/c1-4-21-19(17-13-26(30(3,28)29)12-11-25(17)2)20-22-10-9-18(24-20)27-14-23-15-7-5-6-8-16(15)27/h5-10,14,17,19,21H,4,11-13H2,1-3H3. The molecule has 2 aromatic heterocycles. The van der Waals surface area contributed by atoms with Gasteiger partial charge in [0.2, 0.25) is 10.0 Å². The summed E-state index contributed by atoms with van der Waals surface area (Å²) >= 11 is 0. The van der Waals surface area contributed by atoms with Crippen LogP contribution in [0.2, 0.25) is 0 Å². The van der Waals surface area contributed by atoms with Gasteiger partial charge in [0.1, 0.15) is 18.0 Å². The van der Waals surface area contributed by atoms with E-state index in [2.05, 4.69) is 20.2 Å². The lowest BCUT2D eigenvalue weighted by atomic mass is 10.0. The number of hydrogen-bond donors (Lipinski definition) is 1. The summed E-state index contributed by atoms with van der Waals surface area (Å²) in [7, 11) is -1.24. The van der Waals surface area contributed by atoms with Crippen LogP contribution in [-0.4, -0.2) is 82.7 Å². The van der Waals surface area contributed by atoms with Crippen LogP contribution in [0.15, 0.2) is 42.9 Å². The summed E-state index contributed by atoms with van der Waals surface area (Å²) in [6.07, 6.45) is 4.77. The minimum absolute atomic E-state index is 0.0804. The van der Waals surface area contributed by atoms with Gasteiger partial charge in [0.15, 0.2) is 0 Å². The van der Waals surface area contributed by atoms with Gasteiger partial charge in [-0.15, -0.1) is 0 Å². The second-order valence-corrected chi connectivity index (χ2v) is 9.56. The molecule has 1 aliphatic rings. The average Bonchev–Trinajstić information content (AvgIpc) is 3.16. The van der Waals surface area contributed by atoms with Crippen molar-refractivity contribution in [3.8, 4) is 5.82 Å². The van der Waals surface area contributed by atoms with Crippen molar-refractivity contribution >= 4 is 21.1 Å². The van der Waals surface area contributed by atoms with Gasteiger partial charge >= 0.3 is 0 Å². The predicted octanol–water partition coefficient (Wildman–Crippen LogP) is 1.04. The number of nitrogens with one attached hydrogen (secondary N) is 1. The second-order valence-electron chi connectivity index (χ2n) is 7.58. The zero-order valence-corrected chi connectivity index (χ0v) is 18.2. The van der Waals surface area contributed by atoms with Crippen LogP contribution in [0.5, 0.6) is 0 Å². The molecule has 1 aliphatic heterocycles. The summed E-state index contributed by atoms with van der Waals surface area (Å²) in [4.78, 5) is 16.0. The highest BCUT2D eigenvalue weighted by molar-refractivity contribution is 7.88. The number of para-hydroxylation sites is 2. The fourth-order valence-electron chi connectivity index (χ4n) is 3.94. The van der Waals surface area contributed by atoms with E-state index in [1.54, 1.807) is 12.5 Å². The van der Waals surface area contributed by atoms with Gasteiger partial charge in [-0.3, -0.25) is 9.47 Å². The molecule has 1 fully saturated rings. The molecule has 1 aromatic carbocycles. The lowest BCUT2D eigenvalue weighted by Crippen LogP contribution is -2.57. The molecule has 30 heavy (non-hydrogen) atoms. The molecule has 3 heterocycles. The molecule has 10 heteroatoms. The number of piperazine rings is 1. The number of hydrogen-bond acceptors (Lipinski definition) is 7. The van der Waals surface area contributed by atoms with Gasteiger partial charge in [-0.2, -0.15) is 4.31 Å². The smallest absolute Gasteiger partial charge is 0.211 e. The van der Waals surface area contributed by atoms with Crippen LogP contribution in [0, 0.1) is 0 Å². The van der Waals surface area contributed by atoms with Gasteiger partial charge in [-0.05, 0) is 31.8 Å². The van der Waals surface area contributed by atoms with Crippen LogP contribution in [0.1, 0.15) is 18.8 Å². The first-order valence-corrected chi connectivity index (χ1v) is 11.9. The molecule has 3 aromatic rings. The molecule has 2 atom stereocenters. The topological polar surface area (TPSA) is 96.2 Å². The average molecular weight is 430 g/mol. The Morgan fingerprint density at radius 1 is 1.20 bits per heavy atom. The molecule has 160 valence electrons. The fourth-order valence-corrected chi connectivity index (χ4v) is 4.78.